The molecular weight excluding hydrogens is 436 g/mol. The van der Waals surface area contributed by atoms with Crippen LogP contribution in [0.4, 0.5) is 0 Å². The maximum absolute atomic E-state index is 13.7. The van der Waals surface area contributed by atoms with Crippen LogP contribution in [0.2, 0.25) is 0 Å². The summed E-state index contributed by atoms with van der Waals surface area (Å²) in [7, 11) is 7.59. The number of hydrogen-bond acceptors (Lipinski definition) is 7. The number of aryl methyl sites for hydroxylation is 1. The van der Waals surface area contributed by atoms with Gasteiger partial charge in [0, 0.05) is 11.6 Å². The molecule has 1 heterocycles. The Balaban J connectivity index is 2.15. The Bertz CT molecular complexity index is 1400. The van der Waals surface area contributed by atoms with E-state index in [0.717, 1.165) is 11.1 Å². The highest BCUT2D eigenvalue weighted by molar-refractivity contribution is 6.00. The molecule has 0 saturated carbocycles. The maximum Gasteiger partial charge on any atom is 0.239 e. The Morgan fingerprint density at radius 3 is 1.85 bits per heavy atom. The van der Waals surface area contributed by atoms with Crippen molar-refractivity contribution in [2.45, 2.75) is 6.92 Å². The van der Waals surface area contributed by atoms with Crippen molar-refractivity contribution in [2.24, 2.45) is 0 Å². The lowest BCUT2D eigenvalue weighted by Crippen LogP contribution is -2.10. The van der Waals surface area contributed by atoms with Crippen LogP contribution in [0.1, 0.15) is 5.56 Å². The summed E-state index contributed by atoms with van der Waals surface area (Å²) in [6.45, 7) is 2.01. The molecule has 0 amide bonds. The van der Waals surface area contributed by atoms with E-state index in [-0.39, 0.29) is 22.3 Å². The fraction of sp³-hybridized carbons (Fsp3) is 0.222. The van der Waals surface area contributed by atoms with E-state index in [1.807, 2.05) is 31.2 Å². The van der Waals surface area contributed by atoms with Crippen LogP contribution in [0.5, 0.6) is 28.7 Å². The van der Waals surface area contributed by atoms with Crippen molar-refractivity contribution in [3.63, 3.8) is 0 Å². The third kappa shape index (κ3) is 3.79. The maximum atomic E-state index is 13.7. The summed E-state index contributed by atoms with van der Waals surface area (Å²) >= 11 is 0. The number of fused-ring (bicyclic) bond motifs is 1. The van der Waals surface area contributed by atoms with Crippen LogP contribution in [-0.4, -0.2) is 35.5 Å². The molecule has 0 aliphatic heterocycles. The summed E-state index contributed by atoms with van der Waals surface area (Å²) < 4.78 is 34.0. The highest BCUT2D eigenvalue weighted by Gasteiger charge is 2.25. The van der Waals surface area contributed by atoms with Crippen LogP contribution in [0, 0.1) is 6.92 Å². The predicted octanol–water partition coefficient (Wildman–Crippen LogP) is 5.48. The van der Waals surface area contributed by atoms with Gasteiger partial charge in [-0.05, 0) is 30.7 Å². The van der Waals surface area contributed by atoms with E-state index in [1.165, 1.54) is 14.2 Å². The van der Waals surface area contributed by atoms with Gasteiger partial charge in [0.15, 0.2) is 22.8 Å². The van der Waals surface area contributed by atoms with Crippen molar-refractivity contribution in [1.82, 2.24) is 0 Å². The third-order valence-electron chi connectivity index (χ3n) is 5.68. The fourth-order valence-electron chi connectivity index (χ4n) is 3.96. The minimum Gasteiger partial charge on any atom is -0.496 e. The molecule has 0 radical (unpaired) electrons. The highest BCUT2D eigenvalue weighted by Crippen LogP contribution is 2.44. The first-order valence-corrected chi connectivity index (χ1v) is 10.6. The zero-order chi connectivity index (χ0) is 24.4. The normalized spacial score (nSPS) is 10.8. The van der Waals surface area contributed by atoms with E-state index in [0.29, 0.717) is 39.7 Å². The van der Waals surface area contributed by atoms with Crippen molar-refractivity contribution < 1.29 is 28.1 Å². The molecule has 0 bridgehead atoms. The Labute approximate surface area is 197 Å². The summed E-state index contributed by atoms with van der Waals surface area (Å²) in [6.07, 6.45) is 0. The SMILES string of the molecule is COc1ccc(-c2oc3c(-c4ccc(C)cc4)c(OC)cc(OC)c3c(=O)c2OC)cc1OC. The minimum absolute atomic E-state index is 0.0537. The van der Waals surface area contributed by atoms with Gasteiger partial charge in [0.1, 0.15) is 16.9 Å². The molecule has 0 fully saturated rings. The van der Waals surface area contributed by atoms with Crippen molar-refractivity contribution in [3.05, 3.63) is 64.3 Å². The minimum atomic E-state index is -0.360. The molecule has 7 heteroatoms. The summed E-state index contributed by atoms with van der Waals surface area (Å²) in [5, 5.41) is 0.264. The van der Waals surface area contributed by atoms with Gasteiger partial charge in [-0.15, -0.1) is 0 Å². The summed E-state index contributed by atoms with van der Waals surface area (Å²) in [5.74, 6) is 2.19. The summed E-state index contributed by atoms with van der Waals surface area (Å²) in [6, 6.07) is 14.8. The second kappa shape index (κ2) is 9.39. The molecule has 4 aromatic rings. The first kappa shape index (κ1) is 23.0. The summed E-state index contributed by atoms with van der Waals surface area (Å²) in [4.78, 5) is 13.7. The predicted molar refractivity (Wildman–Crippen MR) is 131 cm³/mol. The zero-order valence-corrected chi connectivity index (χ0v) is 20.0. The Kier molecular flexibility index (Phi) is 6.36. The van der Waals surface area contributed by atoms with Gasteiger partial charge in [-0.25, -0.2) is 0 Å². The molecule has 34 heavy (non-hydrogen) atoms. The van der Waals surface area contributed by atoms with E-state index in [1.54, 1.807) is 45.6 Å². The van der Waals surface area contributed by atoms with Crippen molar-refractivity contribution in [1.29, 1.82) is 0 Å². The number of rotatable bonds is 7. The largest absolute Gasteiger partial charge is 0.496 e. The standard InChI is InChI=1S/C27H26O7/c1-15-7-9-16(10-8-15)22-20(31-4)14-21(32-5)23-24(28)27(33-6)25(34-26(22)23)17-11-12-18(29-2)19(13-17)30-3/h7-14H,1-6H3. The lowest BCUT2D eigenvalue weighted by atomic mass is 9.99. The first-order chi connectivity index (χ1) is 16.5. The van der Waals surface area contributed by atoms with Crippen LogP contribution >= 0.6 is 0 Å². The van der Waals surface area contributed by atoms with E-state index in [2.05, 4.69) is 0 Å². The van der Waals surface area contributed by atoms with Crippen LogP contribution in [0.3, 0.4) is 0 Å². The average molecular weight is 462 g/mol. The Hall–Kier alpha value is -4.13. The van der Waals surface area contributed by atoms with E-state index in [9.17, 15) is 4.79 Å². The highest BCUT2D eigenvalue weighted by atomic mass is 16.5. The first-order valence-electron chi connectivity index (χ1n) is 10.6. The molecule has 0 atom stereocenters. The molecule has 0 saturated heterocycles. The summed E-state index contributed by atoms with van der Waals surface area (Å²) in [5.41, 5.74) is 3.14. The van der Waals surface area contributed by atoms with Gasteiger partial charge in [-0.2, -0.15) is 0 Å². The van der Waals surface area contributed by atoms with E-state index < -0.39 is 0 Å². The third-order valence-corrected chi connectivity index (χ3v) is 5.68. The molecule has 0 aliphatic rings. The van der Waals surface area contributed by atoms with Gasteiger partial charge >= 0.3 is 0 Å². The molecule has 176 valence electrons. The molecule has 4 rings (SSSR count). The van der Waals surface area contributed by atoms with Gasteiger partial charge in [0.05, 0.1) is 41.1 Å². The Morgan fingerprint density at radius 1 is 0.647 bits per heavy atom. The van der Waals surface area contributed by atoms with Gasteiger partial charge in [-0.3, -0.25) is 4.79 Å². The van der Waals surface area contributed by atoms with Gasteiger partial charge in [0.25, 0.3) is 0 Å². The average Bonchev–Trinajstić information content (AvgIpc) is 2.87. The van der Waals surface area contributed by atoms with Gasteiger partial charge < -0.3 is 28.1 Å². The molecule has 0 aliphatic carbocycles. The number of methoxy groups -OCH3 is 5. The van der Waals surface area contributed by atoms with Crippen molar-refractivity contribution >= 4 is 11.0 Å². The van der Waals surface area contributed by atoms with Crippen LogP contribution in [0.25, 0.3) is 33.4 Å². The Morgan fingerprint density at radius 2 is 1.26 bits per heavy atom. The smallest absolute Gasteiger partial charge is 0.239 e. The number of benzene rings is 3. The molecule has 0 N–H and O–H groups in total. The zero-order valence-electron chi connectivity index (χ0n) is 20.0. The molecule has 0 unspecified atom stereocenters. The van der Waals surface area contributed by atoms with Crippen LogP contribution in [-0.2, 0) is 0 Å². The monoisotopic (exact) mass is 462 g/mol. The van der Waals surface area contributed by atoms with Gasteiger partial charge in [0.2, 0.25) is 11.2 Å². The topological polar surface area (TPSA) is 76.4 Å². The van der Waals surface area contributed by atoms with Crippen LogP contribution < -0.4 is 29.1 Å². The number of ether oxygens (including phenoxy) is 5. The molecule has 3 aromatic carbocycles. The van der Waals surface area contributed by atoms with E-state index in [4.69, 9.17) is 28.1 Å². The van der Waals surface area contributed by atoms with E-state index >= 15 is 0 Å². The molecule has 7 nitrogen and oxygen atoms in total. The molecule has 0 spiro atoms. The lowest BCUT2D eigenvalue weighted by Gasteiger charge is -2.17. The van der Waals surface area contributed by atoms with Crippen molar-refractivity contribution in [3.8, 4) is 51.2 Å². The van der Waals surface area contributed by atoms with Crippen LogP contribution in [0.15, 0.2) is 57.7 Å². The quantitative estimate of drug-likeness (QED) is 0.360. The number of hydrogen-bond donors (Lipinski definition) is 0. The van der Waals surface area contributed by atoms with Crippen molar-refractivity contribution in [2.75, 3.05) is 35.5 Å². The fourth-order valence-corrected chi connectivity index (χ4v) is 3.96. The molecular formula is C27H26O7. The second-order valence-electron chi connectivity index (χ2n) is 7.59. The van der Waals surface area contributed by atoms with Gasteiger partial charge in [-0.1, -0.05) is 29.8 Å². The second-order valence-corrected chi connectivity index (χ2v) is 7.59. The lowest BCUT2D eigenvalue weighted by molar-refractivity contribution is 0.355. The molecule has 1 aromatic heterocycles.